The number of carbonyl (C=O) groups excluding carboxylic acids is 1. The van der Waals surface area contributed by atoms with Crippen molar-refractivity contribution in [1.29, 1.82) is 0 Å². The Kier molecular flexibility index (Phi) is 8.27. The first kappa shape index (κ1) is 20.7. The molecule has 11 heteroatoms. The number of halogens is 5. The number of carbonyl (C=O) groups is 1. The third-order valence-corrected chi connectivity index (χ3v) is 3.93. The summed E-state index contributed by atoms with van der Waals surface area (Å²) in [6.45, 7) is 1.82. The van der Waals surface area contributed by atoms with Crippen LogP contribution in [0.25, 0.3) is 0 Å². The van der Waals surface area contributed by atoms with E-state index >= 15 is 0 Å². The third-order valence-electron chi connectivity index (χ3n) is 2.32. The van der Waals surface area contributed by atoms with E-state index in [9.17, 15) is 4.79 Å². The molecule has 0 aliphatic rings. The van der Waals surface area contributed by atoms with E-state index in [1.165, 1.54) is 0 Å². The van der Waals surface area contributed by atoms with Crippen molar-refractivity contribution in [2.75, 3.05) is 11.9 Å². The first-order chi connectivity index (χ1) is 10.6. The monoisotopic (exact) mass is 437 g/mol. The fraction of sp³-hybridized carbons (Fsp3) is 0.333. The highest BCUT2D eigenvalue weighted by molar-refractivity contribution is 7.80. The molecule has 0 saturated heterocycles. The van der Waals surface area contributed by atoms with Crippen LogP contribution in [0.2, 0.25) is 10.0 Å². The minimum atomic E-state index is -1.86. The Morgan fingerprint density at radius 3 is 2.43 bits per heavy atom. The number of benzene rings is 1. The van der Waals surface area contributed by atoms with Crippen molar-refractivity contribution in [3.05, 3.63) is 28.2 Å². The van der Waals surface area contributed by atoms with Gasteiger partial charge in [-0.15, -0.1) is 0 Å². The quantitative estimate of drug-likeness (QED) is 0.360. The average Bonchev–Trinajstić information content (AvgIpc) is 2.41. The van der Waals surface area contributed by atoms with Crippen molar-refractivity contribution in [2.45, 2.75) is 16.9 Å². The van der Waals surface area contributed by atoms with Gasteiger partial charge in [-0.25, -0.2) is 4.79 Å². The third kappa shape index (κ3) is 7.37. The molecule has 1 atom stereocenters. The van der Waals surface area contributed by atoms with Crippen LogP contribution in [-0.2, 0) is 4.74 Å². The number of amides is 1. The lowest BCUT2D eigenvalue weighted by atomic mass is 10.3. The zero-order valence-electron chi connectivity index (χ0n) is 11.6. The molecule has 23 heavy (non-hydrogen) atoms. The Labute approximate surface area is 163 Å². The van der Waals surface area contributed by atoms with Crippen molar-refractivity contribution in [2.24, 2.45) is 0 Å². The second-order valence-electron chi connectivity index (χ2n) is 4.07. The normalized spacial score (nSPS) is 12.3. The van der Waals surface area contributed by atoms with Gasteiger partial charge in [0.05, 0.1) is 16.7 Å². The average molecular weight is 440 g/mol. The van der Waals surface area contributed by atoms with Crippen LogP contribution in [0.4, 0.5) is 10.5 Å². The van der Waals surface area contributed by atoms with Crippen LogP contribution < -0.4 is 16.0 Å². The van der Waals surface area contributed by atoms with Gasteiger partial charge in [0.2, 0.25) is 3.79 Å². The molecule has 128 valence electrons. The van der Waals surface area contributed by atoms with Gasteiger partial charge in [-0.1, -0.05) is 58.0 Å². The maximum Gasteiger partial charge on any atom is 0.408 e. The number of thiocarbonyl (C=S) groups is 1. The highest BCUT2D eigenvalue weighted by atomic mass is 35.6. The Morgan fingerprint density at radius 1 is 1.26 bits per heavy atom. The van der Waals surface area contributed by atoms with E-state index in [4.69, 9.17) is 75.0 Å². The zero-order valence-corrected chi connectivity index (χ0v) is 16.2. The summed E-state index contributed by atoms with van der Waals surface area (Å²) in [4.78, 5) is 11.5. The van der Waals surface area contributed by atoms with Crippen molar-refractivity contribution in [3.63, 3.8) is 0 Å². The summed E-state index contributed by atoms with van der Waals surface area (Å²) in [6, 6.07) is 4.82. The standard InChI is InChI=1S/C12H12Cl5N3O2S/c1-2-22-11(21)20-9(12(15,16)17)19-10(23)18-6-3-4-7(13)8(14)5-6/h3-5,9H,2H2,1H3,(H,20,21)(H2,18,19,23)/t9-/m0/s1. The maximum absolute atomic E-state index is 11.5. The maximum atomic E-state index is 11.5. The van der Waals surface area contributed by atoms with E-state index in [1.54, 1.807) is 25.1 Å². The van der Waals surface area contributed by atoms with E-state index in [0.717, 1.165) is 0 Å². The predicted molar refractivity (Wildman–Crippen MR) is 100 cm³/mol. The van der Waals surface area contributed by atoms with Crippen molar-refractivity contribution in [1.82, 2.24) is 10.6 Å². The Balaban J connectivity index is 2.72. The van der Waals surface area contributed by atoms with Crippen LogP contribution in [0.1, 0.15) is 6.92 Å². The van der Waals surface area contributed by atoms with Gasteiger partial charge in [0.1, 0.15) is 0 Å². The van der Waals surface area contributed by atoms with Gasteiger partial charge >= 0.3 is 6.09 Å². The molecule has 1 aromatic rings. The fourth-order valence-electron chi connectivity index (χ4n) is 1.36. The minimum absolute atomic E-state index is 0.0940. The highest BCUT2D eigenvalue weighted by Crippen LogP contribution is 2.29. The number of alkyl carbamates (subject to hydrolysis) is 1. The summed E-state index contributed by atoms with van der Waals surface area (Å²) in [7, 11) is 0. The molecular weight excluding hydrogens is 427 g/mol. The second kappa shape index (κ2) is 9.20. The number of ether oxygens (including phenoxy) is 1. The molecule has 0 heterocycles. The predicted octanol–water partition coefficient (Wildman–Crippen LogP) is 4.72. The second-order valence-corrected chi connectivity index (χ2v) is 7.66. The molecular formula is C12H12Cl5N3O2S. The van der Waals surface area contributed by atoms with Gasteiger partial charge in [0.15, 0.2) is 11.3 Å². The molecule has 5 nitrogen and oxygen atoms in total. The van der Waals surface area contributed by atoms with E-state index in [1.807, 2.05) is 0 Å². The SMILES string of the molecule is CCOC(=O)N[C@H](NC(=S)Nc1ccc(Cl)c(Cl)c1)C(Cl)(Cl)Cl. The van der Waals surface area contributed by atoms with Gasteiger partial charge in [0.25, 0.3) is 0 Å². The Bertz CT molecular complexity index is 582. The van der Waals surface area contributed by atoms with E-state index in [2.05, 4.69) is 16.0 Å². The summed E-state index contributed by atoms with van der Waals surface area (Å²) in [5.41, 5.74) is 0.566. The van der Waals surface area contributed by atoms with Crippen LogP contribution >= 0.6 is 70.2 Å². The Morgan fingerprint density at radius 2 is 1.91 bits per heavy atom. The lowest BCUT2D eigenvalue weighted by Crippen LogP contribution is -2.56. The minimum Gasteiger partial charge on any atom is -0.450 e. The van der Waals surface area contributed by atoms with Gasteiger partial charge in [-0.2, -0.15) is 0 Å². The van der Waals surface area contributed by atoms with Crippen LogP contribution in [0.15, 0.2) is 18.2 Å². The first-order valence-corrected chi connectivity index (χ1v) is 8.46. The number of nitrogens with one attached hydrogen (secondary N) is 3. The van der Waals surface area contributed by atoms with Gasteiger partial charge in [-0.3, -0.25) is 5.32 Å². The molecule has 1 amide bonds. The highest BCUT2D eigenvalue weighted by Gasteiger charge is 2.35. The first-order valence-electron chi connectivity index (χ1n) is 6.16. The van der Waals surface area contributed by atoms with Crippen LogP contribution in [-0.4, -0.2) is 27.8 Å². The Hall–Kier alpha value is -0.370. The number of hydrogen-bond acceptors (Lipinski definition) is 3. The van der Waals surface area contributed by atoms with Crippen molar-refractivity contribution in [3.8, 4) is 0 Å². The molecule has 0 aliphatic heterocycles. The van der Waals surface area contributed by atoms with Crippen molar-refractivity contribution < 1.29 is 9.53 Å². The summed E-state index contributed by atoms with van der Waals surface area (Å²) < 4.78 is 2.87. The van der Waals surface area contributed by atoms with Crippen molar-refractivity contribution >= 4 is 87.1 Å². The van der Waals surface area contributed by atoms with Crippen LogP contribution in [0, 0.1) is 0 Å². The van der Waals surface area contributed by atoms with Gasteiger partial charge < -0.3 is 15.4 Å². The van der Waals surface area contributed by atoms with Gasteiger partial charge in [0, 0.05) is 5.69 Å². The molecule has 0 aromatic heterocycles. The van der Waals surface area contributed by atoms with Gasteiger partial charge in [-0.05, 0) is 37.3 Å². The number of rotatable bonds is 4. The summed E-state index contributed by atoms with van der Waals surface area (Å²) in [5, 5.41) is 8.69. The number of anilines is 1. The molecule has 1 aromatic carbocycles. The molecule has 0 saturated carbocycles. The lowest BCUT2D eigenvalue weighted by Gasteiger charge is -2.27. The van der Waals surface area contributed by atoms with Crippen LogP contribution in [0.3, 0.4) is 0 Å². The molecule has 0 aliphatic carbocycles. The lowest BCUT2D eigenvalue weighted by molar-refractivity contribution is 0.147. The molecule has 0 fully saturated rings. The molecule has 1 rings (SSSR count). The molecule has 0 radical (unpaired) electrons. The summed E-state index contributed by atoms with van der Waals surface area (Å²) in [6.07, 6.45) is -1.87. The molecule has 0 spiro atoms. The molecule has 0 bridgehead atoms. The summed E-state index contributed by atoms with van der Waals surface area (Å²) in [5.74, 6) is 0. The number of hydrogen-bond donors (Lipinski definition) is 3. The smallest absolute Gasteiger partial charge is 0.408 e. The fourth-order valence-corrected chi connectivity index (χ4v) is 2.22. The van der Waals surface area contributed by atoms with E-state index < -0.39 is 16.1 Å². The topological polar surface area (TPSA) is 62.4 Å². The summed E-state index contributed by atoms with van der Waals surface area (Å²) >= 11 is 34.3. The molecule has 0 unspecified atom stereocenters. The number of alkyl halides is 3. The van der Waals surface area contributed by atoms with E-state index in [-0.39, 0.29) is 11.7 Å². The molecule has 3 N–H and O–H groups in total. The van der Waals surface area contributed by atoms with Crippen LogP contribution in [0.5, 0.6) is 0 Å². The van der Waals surface area contributed by atoms with E-state index in [0.29, 0.717) is 15.7 Å². The largest absolute Gasteiger partial charge is 0.450 e. The zero-order chi connectivity index (χ0) is 17.6.